The summed E-state index contributed by atoms with van der Waals surface area (Å²) in [5, 5.41) is 0. The topological polar surface area (TPSA) is 80.0 Å². The molecule has 0 bridgehead atoms. The van der Waals surface area contributed by atoms with Crippen LogP contribution in [-0.4, -0.2) is 39.8 Å². The molecule has 0 aliphatic rings. The molecule has 0 amide bonds. The zero-order valence-corrected chi connectivity index (χ0v) is 14.0. The number of alkyl halides is 2. The summed E-state index contributed by atoms with van der Waals surface area (Å²) in [6.07, 6.45) is 0. The summed E-state index contributed by atoms with van der Waals surface area (Å²) < 4.78 is 47.6. The molecule has 0 heterocycles. The quantitative estimate of drug-likeness (QED) is 0.756. The fourth-order valence-electron chi connectivity index (χ4n) is 1.84. The van der Waals surface area contributed by atoms with Gasteiger partial charge in [-0.1, -0.05) is 0 Å². The fourth-order valence-corrected chi connectivity index (χ4v) is 1.84. The van der Waals surface area contributed by atoms with Gasteiger partial charge in [0.25, 0.3) is 0 Å². The molecule has 23 heavy (non-hydrogen) atoms. The lowest BCUT2D eigenvalue weighted by Gasteiger charge is -2.23. The summed E-state index contributed by atoms with van der Waals surface area (Å²) in [5.41, 5.74) is 5.49. The van der Waals surface area contributed by atoms with Crippen molar-refractivity contribution < 1.29 is 32.5 Å². The molecule has 0 saturated carbocycles. The number of hydrogen-bond donors (Lipinski definition) is 1. The van der Waals surface area contributed by atoms with Crippen molar-refractivity contribution in [1.29, 1.82) is 0 Å². The van der Waals surface area contributed by atoms with Crippen molar-refractivity contribution in [1.82, 2.24) is 0 Å². The third-order valence-electron chi connectivity index (χ3n) is 2.98. The molecule has 0 aliphatic heterocycles. The van der Waals surface area contributed by atoms with Crippen LogP contribution in [-0.2, 0) is 9.53 Å². The van der Waals surface area contributed by atoms with Gasteiger partial charge in [-0.05, 0) is 24.6 Å². The molecular weight excluding hydrogens is 336 g/mol. The van der Waals surface area contributed by atoms with Gasteiger partial charge >= 0.3 is 11.9 Å². The summed E-state index contributed by atoms with van der Waals surface area (Å²) in [6, 6.07) is 0.610. The molecule has 1 rings (SSSR count). The second-order valence-corrected chi connectivity index (χ2v) is 4.28. The number of benzene rings is 1. The number of halogens is 3. The number of methoxy groups -OCH3 is 3. The molecule has 2 N–H and O–H groups in total. The summed E-state index contributed by atoms with van der Waals surface area (Å²) in [7, 11) is 4.07. The van der Waals surface area contributed by atoms with E-state index in [0.717, 1.165) is 0 Å². The smallest absolute Gasteiger partial charge is 0.379 e. The van der Waals surface area contributed by atoms with Gasteiger partial charge in [0.2, 0.25) is 5.75 Å². The van der Waals surface area contributed by atoms with Crippen LogP contribution in [0.25, 0.3) is 0 Å². The molecular formula is C14H20ClF2NO5. The maximum atomic E-state index is 14.0. The number of esters is 1. The van der Waals surface area contributed by atoms with E-state index in [0.29, 0.717) is 0 Å². The van der Waals surface area contributed by atoms with Crippen LogP contribution in [0.1, 0.15) is 18.5 Å². The Hall–Kier alpha value is -1.80. The van der Waals surface area contributed by atoms with E-state index in [1.54, 1.807) is 0 Å². The van der Waals surface area contributed by atoms with E-state index in [1.165, 1.54) is 40.4 Å². The van der Waals surface area contributed by atoms with Gasteiger partial charge in [-0.25, -0.2) is 4.79 Å². The highest BCUT2D eigenvalue weighted by molar-refractivity contribution is 5.85. The highest BCUT2D eigenvalue weighted by Gasteiger charge is 2.48. The van der Waals surface area contributed by atoms with Crippen molar-refractivity contribution >= 4 is 18.4 Å². The Labute approximate surface area is 139 Å². The third-order valence-corrected chi connectivity index (χ3v) is 2.98. The van der Waals surface area contributed by atoms with Crippen LogP contribution in [0.4, 0.5) is 8.78 Å². The summed E-state index contributed by atoms with van der Waals surface area (Å²) in [6.45, 7) is 1.26. The minimum absolute atomic E-state index is 0. The molecule has 1 aromatic rings. The van der Waals surface area contributed by atoms with E-state index in [-0.39, 0.29) is 41.8 Å². The van der Waals surface area contributed by atoms with Crippen molar-refractivity contribution in [3.05, 3.63) is 17.7 Å². The molecule has 132 valence electrons. The van der Waals surface area contributed by atoms with Crippen molar-refractivity contribution in [3.63, 3.8) is 0 Å². The van der Waals surface area contributed by atoms with Crippen LogP contribution in [0.3, 0.4) is 0 Å². The van der Waals surface area contributed by atoms with Crippen molar-refractivity contribution in [3.8, 4) is 17.2 Å². The first-order chi connectivity index (χ1) is 10.3. The highest BCUT2D eigenvalue weighted by atomic mass is 35.5. The maximum absolute atomic E-state index is 14.0. The Morgan fingerprint density at radius 2 is 1.65 bits per heavy atom. The standard InChI is InChI=1S/C14H19F2NO5.ClH/c1-5-22-13(18)14(15,16)12(17)8-6-9(19-2)11(21-4)10(7-8)20-3;/h6-7,12H,5,17H2,1-4H3;1H/t12-;/m1./s1. The Balaban J connectivity index is 0.00000484. The summed E-state index contributed by atoms with van der Waals surface area (Å²) >= 11 is 0. The molecule has 0 aliphatic carbocycles. The molecule has 9 heteroatoms. The van der Waals surface area contributed by atoms with E-state index in [9.17, 15) is 13.6 Å². The van der Waals surface area contributed by atoms with Gasteiger partial charge in [0, 0.05) is 0 Å². The van der Waals surface area contributed by atoms with Crippen molar-refractivity contribution in [2.75, 3.05) is 27.9 Å². The number of ether oxygens (including phenoxy) is 4. The monoisotopic (exact) mass is 355 g/mol. The predicted octanol–water partition coefficient (Wildman–Crippen LogP) is 2.33. The zero-order valence-electron chi connectivity index (χ0n) is 13.2. The number of rotatable bonds is 7. The first kappa shape index (κ1) is 21.2. The first-order valence-electron chi connectivity index (χ1n) is 6.43. The lowest BCUT2D eigenvalue weighted by atomic mass is 10.0. The minimum atomic E-state index is -3.89. The Morgan fingerprint density at radius 1 is 1.17 bits per heavy atom. The van der Waals surface area contributed by atoms with Gasteiger partial charge < -0.3 is 24.7 Å². The molecule has 0 spiro atoms. The molecule has 1 atom stereocenters. The SMILES string of the molecule is CCOC(=O)C(F)(F)[C@H](N)c1cc(OC)c(OC)c(OC)c1.Cl. The number of nitrogens with two attached hydrogens (primary N) is 1. The molecule has 0 aromatic heterocycles. The third kappa shape index (κ3) is 4.35. The van der Waals surface area contributed by atoms with Gasteiger partial charge in [0.05, 0.1) is 27.9 Å². The lowest BCUT2D eigenvalue weighted by molar-refractivity contribution is -0.174. The van der Waals surface area contributed by atoms with Crippen LogP contribution in [0.15, 0.2) is 12.1 Å². The molecule has 6 nitrogen and oxygen atoms in total. The van der Waals surface area contributed by atoms with E-state index in [2.05, 4.69) is 4.74 Å². The van der Waals surface area contributed by atoms with Crippen molar-refractivity contribution in [2.45, 2.75) is 18.9 Å². The minimum Gasteiger partial charge on any atom is -0.493 e. The van der Waals surface area contributed by atoms with Crippen LogP contribution >= 0.6 is 12.4 Å². The van der Waals surface area contributed by atoms with E-state index in [1.807, 2.05) is 0 Å². The van der Waals surface area contributed by atoms with Gasteiger partial charge in [0.1, 0.15) is 6.04 Å². The number of carbonyl (C=O) groups is 1. The summed E-state index contributed by atoms with van der Waals surface area (Å²) in [5.74, 6) is -5.02. The van der Waals surface area contributed by atoms with Gasteiger partial charge in [-0.15, -0.1) is 12.4 Å². The largest absolute Gasteiger partial charge is 0.493 e. The van der Waals surface area contributed by atoms with Crippen LogP contribution in [0.2, 0.25) is 0 Å². The number of hydrogen-bond acceptors (Lipinski definition) is 6. The Morgan fingerprint density at radius 3 is 2.00 bits per heavy atom. The van der Waals surface area contributed by atoms with Gasteiger partial charge in [-0.2, -0.15) is 8.78 Å². The fraction of sp³-hybridized carbons (Fsp3) is 0.500. The normalized spacial score (nSPS) is 12.0. The molecule has 0 radical (unpaired) electrons. The number of carbonyl (C=O) groups excluding carboxylic acids is 1. The molecule has 0 unspecified atom stereocenters. The van der Waals surface area contributed by atoms with Crippen LogP contribution in [0.5, 0.6) is 17.2 Å². The maximum Gasteiger partial charge on any atom is 0.379 e. The average Bonchev–Trinajstić information content (AvgIpc) is 2.52. The average molecular weight is 356 g/mol. The second kappa shape index (κ2) is 8.73. The van der Waals surface area contributed by atoms with E-state index >= 15 is 0 Å². The zero-order chi connectivity index (χ0) is 16.9. The van der Waals surface area contributed by atoms with Crippen LogP contribution in [0, 0.1) is 0 Å². The second-order valence-electron chi connectivity index (χ2n) is 4.28. The Kier molecular flexibility index (Phi) is 8.05. The molecule has 0 fully saturated rings. The predicted molar refractivity (Wildman–Crippen MR) is 81.9 cm³/mol. The van der Waals surface area contributed by atoms with Crippen molar-refractivity contribution in [2.24, 2.45) is 5.73 Å². The van der Waals surface area contributed by atoms with Gasteiger partial charge in [-0.3, -0.25) is 0 Å². The summed E-state index contributed by atoms with van der Waals surface area (Å²) in [4.78, 5) is 11.4. The van der Waals surface area contributed by atoms with Crippen LogP contribution < -0.4 is 19.9 Å². The first-order valence-corrected chi connectivity index (χ1v) is 6.43. The van der Waals surface area contributed by atoms with Gasteiger partial charge in [0.15, 0.2) is 11.5 Å². The lowest BCUT2D eigenvalue weighted by Crippen LogP contribution is -2.41. The van der Waals surface area contributed by atoms with E-state index in [4.69, 9.17) is 19.9 Å². The van der Waals surface area contributed by atoms with E-state index < -0.39 is 17.9 Å². The molecule has 1 aromatic carbocycles. The highest BCUT2D eigenvalue weighted by Crippen LogP contribution is 2.42. The Bertz CT molecular complexity index is 517. The molecule has 0 saturated heterocycles.